The highest BCUT2D eigenvalue weighted by atomic mass is 19.1. The maximum Gasteiger partial charge on any atom is 0.271 e. The molecule has 0 spiro atoms. The van der Waals surface area contributed by atoms with E-state index < -0.39 is 6.10 Å². The molecule has 1 amide bonds. The average molecular weight is 275 g/mol. The van der Waals surface area contributed by atoms with Crippen molar-refractivity contribution in [3.05, 3.63) is 41.8 Å². The lowest BCUT2D eigenvalue weighted by molar-refractivity contribution is 0.0759. The molecular formula is C14H14FN3O2. The molecule has 3 rings (SSSR count). The van der Waals surface area contributed by atoms with Gasteiger partial charge in [0.2, 0.25) is 0 Å². The van der Waals surface area contributed by atoms with E-state index in [0.29, 0.717) is 30.9 Å². The van der Waals surface area contributed by atoms with Gasteiger partial charge in [-0.15, -0.1) is 0 Å². The highest BCUT2D eigenvalue weighted by molar-refractivity contribution is 5.93. The third-order valence-electron chi connectivity index (χ3n) is 3.40. The molecule has 1 aromatic carbocycles. The number of carbonyl (C=O) groups is 1. The van der Waals surface area contributed by atoms with Crippen LogP contribution < -0.4 is 0 Å². The fraction of sp³-hybridized carbons (Fsp3) is 0.286. The number of benzene rings is 1. The SMILES string of the molecule is O=C(c1cc(-c2ccc(F)cc2)n[nH]1)N1CC[C@@H](O)C1. The Hall–Kier alpha value is -2.21. The van der Waals surface area contributed by atoms with Gasteiger partial charge in [-0.25, -0.2) is 4.39 Å². The van der Waals surface area contributed by atoms with Crippen LogP contribution in [-0.2, 0) is 0 Å². The van der Waals surface area contributed by atoms with Crippen molar-refractivity contribution in [2.24, 2.45) is 0 Å². The lowest BCUT2D eigenvalue weighted by Gasteiger charge is -2.13. The summed E-state index contributed by atoms with van der Waals surface area (Å²) in [6, 6.07) is 7.56. The molecule has 20 heavy (non-hydrogen) atoms. The van der Waals surface area contributed by atoms with Gasteiger partial charge in [-0.3, -0.25) is 9.89 Å². The van der Waals surface area contributed by atoms with Crippen LogP contribution >= 0.6 is 0 Å². The number of likely N-dealkylation sites (tertiary alicyclic amines) is 1. The molecule has 1 saturated heterocycles. The summed E-state index contributed by atoms with van der Waals surface area (Å²) in [6.45, 7) is 0.897. The maximum absolute atomic E-state index is 12.9. The lowest BCUT2D eigenvalue weighted by Crippen LogP contribution is -2.29. The minimum atomic E-state index is -0.446. The van der Waals surface area contributed by atoms with E-state index in [9.17, 15) is 14.3 Å². The second kappa shape index (κ2) is 5.05. The predicted octanol–water partition coefficient (Wildman–Crippen LogP) is 1.42. The van der Waals surface area contributed by atoms with E-state index in [4.69, 9.17) is 0 Å². The molecule has 0 aliphatic carbocycles. The summed E-state index contributed by atoms with van der Waals surface area (Å²) in [5.41, 5.74) is 1.70. The Kier molecular flexibility index (Phi) is 3.23. The highest BCUT2D eigenvalue weighted by Gasteiger charge is 2.26. The molecule has 1 aromatic heterocycles. The fourth-order valence-corrected chi connectivity index (χ4v) is 2.30. The van der Waals surface area contributed by atoms with Crippen molar-refractivity contribution in [3.8, 4) is 11.3 Å². The van der Waals surface area contributed by atoms with Crippen LogP contribution in [0.15, 0.2) is 30.3 Å². The van der Waals surface area contributed by atoms with Gasteiger partial charge in [-0.05, 0) is 36.8 Å². The number of β-amino-alcohol motifs (C(OH)–C–C–N with tert-alkyl or cyclic N) is 1. The number of nitrogens with zero attached hydrogens (tertiary/aromatic N) is 2. The van der Waals surface area contributed by atoms with E-state index in [0.717, 1.165) is 5.56 Å². The summed E-state index contributed by atoms with van der Waals surface area (Å²) in [7, 11) is 0. The monoisotopic (exact) mass is 275 g/mol. The average Bonchev–Trinajstić information content (AvgIpc) is 3.08. The van der Waals surface area contributed by atoms with E-state index in [1.54, 1.807) is 23.1 Å². The Labute approximate surface area is 115 Å². The Morgan fingerprint density at radius 2 is 2.15 bits per heavy atom. The lowest BCUT2D eigenvalue weighted by atomic mass is 10.1. The van der Waals surface area contributed by atoms with E-state index >= 15 is 0 Å². The minimum Gasteiger partial charge on any atom is -0.391 e. The zero-order valence-corrected chi connectivity index (χ0v) is 10.7. The molecule has 6 heteroatoms. The molecule has 2 aromatic rings. The van der Waals surface area contributed by atoms with Gasteiger partial charge in [-0.1, -0.05) is 0 Å². The van der Waals surface area contributed by atoms with Crippen LogP contribution in [0.5, 0.6) is 0 Å². The van der Waals surface area contributed by atoms with Crippen LogP contribution in [0.3, 0.4) is 0 Å². The summed E-state index contributed by atoms with van der Waals surface area (Å²) >= 11 is 0. The second-order valence-corrected chi connectivity index (χ2v) is 4.87. The van der Waals surface area contributed by atoms with Gasteiger partial charge in [0.25, 0.3) is 5.91 Å². The number of hydrogen-bond donors (Lipinski definition) is 2. The first kappa shape index (κ1) is 12.8. The van der Waals surface area contributed by atoms with E-state index in [1.165, 1.54) is 12.1 Å². The maximum atomic E-state index is 12.9. The van der Waals surface area contributed by atoms with Gasteiger partial charge in [0.15, 0.2) is 0 Å². The standard InChI is InChI=1S/C14H14FN3O2/c15-10-3-1-9(2-4-10)12-7-13(17-16-12)14(20)18-6-5-11(19)8-18/h1-4,7,11,19H,5-6,8H2,(H,16,17)/t11-/m1/s1. The molecule has 0 unspecified atom stereocenters. The molecule has 104 valence electrons. The summed E-state index contributed by atoms with van der Waals surface area (Å²) < 4.78 is 12.9. The van der Waals surface area contributed by atoms with E-state index in [2.05, 4.69) is 10.2 Å². The van der Waals surface area contributed by atoms with Crippen molar-refractivity contribution in [2.75, 3.05) is 13.1 Å². The van der Waals surface area contributed by atoms with Crippen LogP contribution in [0.4, 0.5) is 4.39 Å². The normalized spacial score (nSPS) is 18.5. The second-order valence-electron chi connectivity index (χ2n) is 4.87. The number of hydrogen-bond acceptors (Lipinski definition) is 3. The molecule has 0 saturated carbocycles. The third kappa shape index (κ3) is 2.42. The van der Waals surface area contributed by atoms with Crippen molar-refractivity contribution in [1.82, 2.24) is 15.1 Å². The zero-order valence-electron chi connectivity index (χ0n) is 10.7. The molecule has 0 radical (unpaired) electrons. The summed E-state index contributed by atoms with van der Waals surface area (Å²) in [5.74, 6) is -0.492. The van der Waals surface area contributed by atoms with Gasteiger partial charge in [0, 0.05) is 18.7 Å². The quantitative estimate of drug-likeness (QED) is 0.871. The minimum absolute atomic E-state index is 0.178. The number of carbonyl (C=O) groups excluding carboxylic acids is 1. The molecule has 2 heterocycles. The van der Waals surface area contributed by atoms with Gasteiger partial charge in [-0.2, -0.15) is 5.10 Å². The number of aliphatic hydroxyl groups excluding tert-OH is 1. The van der Waals surface area contributed by atoms with Gasteiger partial charge in [0.05, 0.1) is 11.8 Å². The van der Waals surface area contributed by atoms with Gasteiger partial charge >= 0.3 is 0 Å². The van der Waals surface area contributed by atoms with E-state index in [-0.39, 0.29) is 11.7 Å². The van der Waals surface area contributed by atoms with Crippen LogP contribution in [-0.4, -0.2) is 45.3 Å². The first-order chi connectivity index (χ1) is 9.63. The van der Waals surface area contributed by atoms with Crippen molar-refractivity contribution in [3.63, 3.8) is 0 Å². The predicted molar refractivity (Wildman–Crippen MR) is 70.5 cm³/mol. The van der Waals surface area contributed by atoms with Crippen molar-refractivity contribution < 1.29 is 14.3 Å². The number of aliphatic hydroxyl groups is 1. The number of halogens is 1. The first-order valence-corrected chi connectivity index (χ1v) is 6.42. The van der Waals surface area contributed by atoms with Crippen LogP contribution in [0.1, 0.15) is 16.9 Å². The van der Waals surface area contributed by atoms with Crippen molar-refractivity contribution in [2.45, 2.75) is 12.5 Å². The number of rotatable bonds is 2. The number of H-pyrrole nitrogens is 1. The largest absolute Gasteiger partial charge is 0.391 e. The highest BCUT2D eigenvalue weighted by Crippen LogP contribution is 2.19. The fourth-order valence-electron chi connectivity index (χ4n) is 2.30. The summed E-state index contributed by atoms with van der Waals surface area (Å²) in [6.07, 6.45) is 0.156. The smallest absolute Gasteiger partial charge is 0.271 e. The molecule has 0 bridgehead atoms. The Bertz CT molecular complexity index is 624. The Morgan fingerprint density at radius 1 is 1.40 bits per heavy atom. The third-order valence-corrected chi connectivity index (χ3v) is 3.40. The van der Waals surface area contributed by atoms with Crippen molar-refractivity contribution in [1.29, 1.82) is 0 Å². The Morgan fingerprint density at radius 3 is 2.80 bits per heavy atom. The molecule has 1 aliphatic rings. The number of aromatic amines is 1. The van der Waals surface area contributed by atoms with Crippen LogP contribution in [0.25, 0.3) is 11.3 Å². The zero-order chi connectivity index (χ0) is 14.1. The molecule has 1 atom stereocenters. The molecular weight excluding hydrogens is 261 g/mol. The molecule has 2 N–H and O–H groups in total. The first-order valence-electron chi connectivity index (χ1n) is 6.42. The van der Waals surface area contributed by atoms with Crippen LogP contribution in [0, 0.1) is 5.82 Å². The van der Waals surface area contributed by atoms with Gasteiger partial charge in [0.1, 0.15) is 11.5 Å². The molecule has 1 aliphatic heterocycles. The van der Waals surface area contributed by atoms with E-state index in [1.807, 2.05) is 0 Å². The summed E-state index contributed by atoms with van der Waals surface area (Å²) in [5, 5.41) is 16.2. The summed E-state index contributed by atoms with van der Waals surface area (Å²) in [4.78, 5) is 13.8. The van der Waals surface area contributed by atoms with Gasteiger partial charge < -0.3 is 10.0 Å². The Balaban J connectivity index is 1.79. The number of amides is 1. The molecule has 5 nitrogen and oxygen atoms in total. The topological polar surface area (TPSA) is 69.2 Å². The molecule has 1 fully saturated rings. The van der Waals surface area contributed by atoms with Crippen molar-refractivity contribution >= 4 is 5.91 Å². The number of nitrogens with one attached hydrogen (secondary N) is 1. The number of aromatic nitrogens is 2. The van der Waals surface area contributed by atoms with Crippen LogP contribution in [0.2, 0.25) is 0 Å².